The van der Waals surface area contributed by atoms with Crippen molar-refractivity contribution in [1.29, 1.82) is 0 Å². The Balaban J connectivity index is 1.72. The molecule has 1 aliphatic heterocycles. The number of hydrogen-bond donors (Lipinski definition) is 0. The predicted molar refractivity (Wildman–Crippen MR) is 75.2 cm³/mol. The molecule has 1 saturated carbocycles. The Labute approximate surface area is 108 Å². The lowest BCUT2D eigenvalue weighted by molar-refractivity contribution is 0.138. The minimum absolute atomic E-state index is 0.807. The van der Waals surface area contributed by atoms with Crippen molar-refractivity contribution in [2.24, 2.45) is 17.3 Å². The molecule has 0 aromatic heterocycles. The molecule has 1 spiro atoms. The molecule has 17 heavy (non-hydrogen) atoms. The fourth-order valence-corrected chi connectivity index (χ4v) is 3.94. The number of likely N-dealkylation sites (tertiary alicyclic amines) is 1. The maximum absolute atomic E-state index is 2.76. The molecule has 100 valence electrons. The van der Waals surface area contributed by atoms with E-state index in [-0.39, 0.29) is 0 Å². The molecule has 0 amide bonds. The summed E-state index contributed by atoms with van der Waals surface area (Å²) in [6, 6.07) is 0. The molecule has 1 heteroatoms. The van der Waals surface area contributed by atoms with E-state index >= 15 is 0 Å². The van der Waals surface area contributed by atoms with Gasteiger partial charge in [-0.15, -0.1) is 0 Å². The first-order chi connectivity index (χ1) is 8.20. The van der Waals surface area contributed by atoms with Crippen molar-refractivity contribution in [3.63, 3.8) is 0 Å². The van der Waals surface area contributed by atoms with Crippen molar-refractivity contribution in [2.45, 2.75) is 65.7 Å². The van der Waals surface area contributed by atoms with E-state index < -0.39 is 0 Å². The molecule has 0 aromatic carbocycles. The van der Waals surface area contributed by atoms with Gasteiger partial charge in [0.2, 0.25) is 0 Å². The Bertz CT molecular complexity index is 222. The van der Waals surface area contributed by atoms with Crippen molar-refractivity contribution in [3.05, 3.63) is 0 Å². The zero-order chi connectivity index (χ0) is 12.3. The van der Waals surface area contributed by atoms with Crippen molar-refractivity contribution in [3.8, 4) is 0 Å². The highest BCUT2D eigenvalue weighted by molar-refractivity contribution is 5.02. The molecule has 1 aliphatic carbocycles. The van der Waals surface area contributed by atoms with E-state index in [2.05, 4.69) is 25.7 Å². The van der Waals surface area contributed by atoms with Gasteiger partial charge in [-0.2, -0.15) is 0 Å². The summed E-state index contributed by atoms with van der Waals surface area (Å²) >= 11 is 0. The van der Waals surface area contributed by atoms with Gasteiger partial charge in [-0.05, 0) is 62.4 Å². The van der Waals surface area contributed by atoms with Gasteiger partial charge in [0, 0.05) is 6.54 Å². The van der Waals surface area contributed by atoms with Gasteiger partial charge in [0.15, 0.2) is 0 Å². The number of piperidine rings is 1. The minimum Gasteiger partial charge on any atom is -0.303 e. The highest BCUT2D eigenvalue weighted by atomic mass is 15.1. The van der Waals surface area contributed by atoms with E-state index in [0.29, 0.717) is 0 Å². The SMILES string of the molecule is CCCC(CCC)CN1CCC2(CC1)CC2C. The van der Waals surface area contributed by atoms with Crippen LogP contribution in [-0.2, 0) is 0 Å². The second-order valence-corrected chi connectivity index (χ2v) is 6.71. The average molecular weight is 237 g/mol. The molecular weight excluding hydrogens is 206 g/mol. The Kier molecular flexibility index (Phi) is 4.52. The monoisotopic (exact) mass is 237 g/mol. The standard InChI is InChI=1S/C16H31N/c1-4-6-15(7-5-2)13-17-10-8-16(9-11-17)12-14(16)3/h14-15H,4-13H2,1-3H3. The normalized spacial score (nSPS) is 27.9. The highest BCUT2D eigenvalue weighted by Crippen LogP contribution is 2.58. The Morgan fingerprint density at radius 3 is 2.06 bits per heavy atom. The van der Waals surface area contributed by atoms with E-state index in [1.807, 2.05) is 0 Å². The van der Waals surface area contributed by atoms with Crippen LogP contribution in [-0.4, -0.2) is 24.5 Å². The molecule has 2 fully saturated rings. The second kappa shape index (κ2) is 5.73. The summed E-state index contributed by atoms with van der Waals surface area (Å²) in [5.41, 5.74) is 0.807. The molecule has 1 saturated heterocycles. The molecule has 0 bridgehead atoms. The van der Waals surface area contributed by atoms with Crippen molar-refractivity contribution in [2.75, 3.05) is 19.6 Å². The highest BCUT2D eigenvalue weighted by Gasteiger charge is 2.51. The third-order valence-corrected chi connectivity index (χ3v) is 5.36. The van der Waals surface area contributed by atoms with Crippen LogP contribution in [0.1, 0.15) is 65.7 Å². The molecule has 2 rings (SSSR count). The molecule has 0 radical (unpaired) electrons. The lowest BCUT2D eigenvalue weighted by atomic mass is 9.90. The molecule has 2 aliphatic rings. The van der Waals surface area contributed by atoms with Crippen molar-refractivity contribution < 1.29 is 0 Å². The van der Waals surface area contributed by atoms with Gasteiger partial charge in [-0.25, -0.2) is 0 Å². The smallest absolute Gasteiger partial charge is 0.000966 e. The zero-order valence-corrected chi connectivity index (χ0v) is 12.2. The number of hydrogen-bond acceptors (Lipinski definition) is 1. The summed E-state index contributed by atoms with van der Waals surface area (Å²) in [6.07, 6.45) is 10.1. The van der Waals surface area contributed by atoms with Gasteiger partial charge < -0.3 is 4.90 Å². The molecule has 1 heterocycles. The fraction of sp³-hybridized carbons (Fsp3) is 1.00. The number of nitrogens with zero attached hydrogens (tertiary/aromatic N) is 1. The summed E-state index contributed by atoms with van der Waals surface area (Å²) in [7, 11) is 0. The molecule has 1 atom stereocenters. The fourth-order valence-electron chi connectivity index (χ4n) is 3.94. The van der Waals surface area contributed by atoms with Gasteiger partial charge >= 0.3 is 0 Å². The van der Waals surface area contributed by atoms with Crippen LogP contribution in [0, 0.1) is 17.3 Å². The number of rotatable bonds is 6. The maximum Gasteiger partial charge on any atom is 0.000966 e. The molecule has 1 unspecified atom stereocenters. The van der Waals surface area contributed by atoms with Gasteiger partial charge in [0.25, 0.3) is 0 Å². The van der Waals surface area contributed by atoms with E-state index in [1.54, 1.807) is 0 Å². The molecule has 1 nitrogen and oxygen atoms in total. The molecule has 0 N–H and O–H groups in total. The van der Waals surface area contributed by atoms with Crippen LogP contribution in [0.15, 0.2) is 0 Å². The van der Waals surface area contributed by atoms with E-state index in [1.165, 1.54) is 64.6 Å². The van der Waals surface area contributed by atoms with E-state index in [0.717, 1.165) is 17.3 Å². The van der Waals surface area contributed by atoms with Crippen molar-refractivity contribution in [1.82, 2.24) is 4.90 Å². The lowest BCUT2D eigenvalue weighted by Crippen LogP contribution is -2.38. The van der Waals surface area contributed by atoms with Gasteiger partial charge in [-0.1, -0.05) is 33.6 Å². The first-order valence-electron chi connectivity index (χ1n) is 7.92. The second-order valence-electron chi connectivity index (χ2n) is 6.71. The Morgan fingerprint density at radius 2 is 1.65 bits per heavy atom. The van der Waals surface area contributed by atoms with Crippen LogP contribution >= 0.6 is 0 Å². The summed E-state index contributed by atoms with van der Waals surface area (Å²) in [5.74, 6) is 2.00. The van der Waals surface area contributed by atoms with Crippen LogP contribution in [0.25, 0.3) is 0 Å². The first kappa shape index (κ1) is 13.4. The van der Waals surface area contributed by atoms with Gasteiger partial charge in [0.1, 0.15) is 0 Å². The van der Waals surface area contributed by atoms with Gasteiger partial charge in [0.05, 0.1) is 0 Å². The van der Waals surface area contributed by atoms with Crippen LogP contribution in [0.2, 0.25) is 0 Å². The largest absolute Gasteiger partial charge is 0.303 e. The third kappa shape index (κ3) is 3.24. The van der Waals surface area contributed by atoms with Crippen LogP contribution < -0.4 is 0 Å². The van der Waals surface area contributed by atoms with Crippen molar-refractivity contribution >= 4 is 0 Å². The Morgan fingerprint density at radius 1 is 1.12 bits per heavy atom. The summed E-state index contributed by atoms with van der Waals surface area (Å²) in [6.45, 7) is 11.3. The maximum atomic E-state index is 2.76. The minimum atomic E-state index is 0.807. The predicted octanol–water partition coefficient (Wildman–Crippen LogP) is 4.32. The quantitative estimate of drug-likeness (QED) is 0.665. The topological polar surface area (TPSA) is 3.24 Å². The molecule has 0 aromatic rings. The lowest BCUT2D eigenvalue weighted by Gasteiger charge is -2.35. The zero-order valence-electron chi connectivity index (χ0n) is 12.2. The van der Waals surface area contributed by atoms with Crippen LogP contribution in [0.4, 0.5) is 0 Å². The summed E-state index contributed by atoms with van der Waals surface area (Å²) in [5, 5.41) is 0. The van der Waals surface area contributed by atoms with E-state index in [4.69, 9.17) is 0 Å². The van der Waals surface area contributed by atoms with E-state index in [9.17, 15) is 0 Å². The summed E-state index contributed by atoms with van der Waals surface area (Å²) < 4.78 is 0. The van der Waals surface area contributed by atoms with Crippen LogP contribution in [0.3, 0.4) is 0 Å². The molecular formula is C16H31N. The third-order valence-electron chi connectivity index (χ3n) is 5.36. The Hall–Kier alpha value is -0.0400. The van der Waals surface area contributed by atoms with Gasteiger partial charge in [-0.3, -0.25) is 0 Å². The first-order valence-corrected chi connectivity index (χ1v) is 7.92. The average Bonchev–Trinajstić information content (AvgIpc) is 2.93. The van der Waals surface area contributed by atoms with Crippen LogP contribution in [0.5, 0.6) is 0 Å². The summed E-state index contributed by atoms with van der Waals surface area (Å²) in [4.78, 5) is 2.76.